The lowest BCUT2D eigenvalue weighted by molar-refractivity contribution is -0.384. The van der Waals surface area contributed by atoms with E-state index in [1.54, 1.807) is 6.07 Å². The van der Waals surface area contributed by atoms with Crippen molar-refractivity contribution in [3.63, 3.8) is 0 Å². The average molecular weight is 286 g/mol. The van der Waals surface area contributed by atoms with Crippen molar-refractivity contribution in [2.45, 2.75) is 33.7 Å². The molecule has 3 rings (SSSR count). The third-order valence-electron chi connectivity index (χ3n) is 5.13. The zero-order chi connectivity index (χ0) is 15.4. The van der Waals surface area contributed by atoms with E-state index in [-0.39, 0.29) is 22.6 Å². The molecule has 1 fully saturated rings. The molecule has 1 aromatic carbocycles. The number of nitro benzene ring substituents is 1. The van der Waals surface area contributed by atoms with Crippen molar-refractivity contribution in [2.24, 2.45) is 10.8 Å². The van der Waals surface area contributed by atoms with Gasteiger partial charge in [0.25, 0.3) is 5.69 Å². The highest BCUT2D eigenvalue weighted by Gasteiger charge is 2.65. The Hall–Kier alpha value is -2.24. The fraction of sp³-hybridized carbons (Fsp3) is 0.467. The van der Waals surface area contributed by atoms with Crippen LogP contribution in [-0.4, -0.2) is 20.9 Å². The van der Waals surface area contributed by atoms with Gasteiger partial charge in [0.05, 0.1) is 10.4 Å². The maximum Gasteiger partial charge on any atom is 0.270 e. The monoisotopic (exact) mass is 286 g/mol. The Morgan fingerprint density at radius 3 is 2.43 bits per heavy atom. The summed E-state index contributed by atoms with van der Waals surface area (Å²) < 4.78 is 0. The third kappa shape index (κ3) is 1.93. The van der Waals surface area contributed by atoms with Gasteiger partial charge >= 0.3 is 0 Å². The molecule has 6 heteroatoms. The summed E-state index contributed by atoms with van der Waals surface area (Å²) in [5, 5.41) is 15.1. The summed E-state index contributed by atoms with van der Waals surface area (Å²) in [7, 11) is 0. The Bertz CT molecular complexity index is 726. The summed E-state index contributed by atoms with van der Waals surface area (Å²) >= 11 is 0. The van der Waals surface area contributed by atoms with Crippen molar-refractivity contribution in [2.75, 3.05) is 5.32 Å². The molecule has 0 radical (unpaired) electrons. The summed E-state index contributed by atoms with van der Waals surface area (Å²) in [6, 6.07) is 4.93. The van der Waals surface area contributed by atoms with Gasteiger partial charge in [0, 0.05) is 23.6 Å². The average Bonchev–Trinajstić information content (AvgIpc) is 2.81. The van der Waals surface area contributed by atoms with Gasteiger partial charge in [0.1, 0.15) is 12.1 Å². The molecule has 0 unspecified atom stereocenters. The molecular weight excluding hydrogens is 268 g/mol. The van der Waals surface area contributed by atoms with Gasteiger partial charge in [-0.05, 0) is 16.9 Å². The molecule has 0 atom stereocenters. The van der Waals surface area contributed by atoms with Crippen LogP contribution >= 0.6 is 0 Å². The van der Waals surface area contributed by atoms with Crippen molar-refractivity contribution in [1.82, 2.24) is 9.97 Å². The van der Waals surface area contributed by atoms with Gasteiger partial charge in [-0.1, -0.05) is 27.7 Å². The van der Waals surface area contributed by atoms with E-state index in [4.69, 9.17) is 0 Å². The number of nitro groups is 1. The quantitative estimate of drug-likeness (QED) is 0.691. The largest absolute Gasteiger partial charge is 0.366 e. The number of nitrogens with one attached hydrogen (secondary N) is 1. The molecule has 0 saturated heterocycles. The van der Waals surface area contributed by atoms with Gasteiger partial charge in [0.2, 0.25) is 0 Å². The van der Waals surface area contributed by atoms with Crippen LogP contribution in [0, 0.1) is 20.9 Å². The summed E-state index contributed by atoms with van der Waals surface area (Å²) in [6.45, 7) is 8.82. The summed E-state index contributed by atoms with van der Waals surface area (Å²) in [6.07, 6.45) is 1.48. The molecule has 0 bridgehead atoms. The van der Waals surface area contributed by atoms with Crippen LogP contribution in [0.1, 0.15) is 27.7 Å². The lowest BCUT2D eigenvalue weighted by Gasteiger charge is -2.09. The number of rotatable bonds is 3. The fourth-order valence-corrected chi connectivity index (χ4v) is 2.97. The molecule has 21 heavy (non-hydrogen) atoms. The molecule has 110 valence electrons. The predicted molar refractivity (Wildman–Crippen MR) is 81.2 cm³/mol. The number of benzene rings is 1. The second-order valence-corrected chi connectivity index (χ2v) is 6.70. The van der Waals surface area contributed by atoms with Crippen molar-refractivity contribution >= 4 is 22.4 Å². The van der Waals surface area contributed by atoms with E-state index < -0.39 is 4.92 Å². The van der Waals surface area contributed by atoms with E-state index in [2.05, 4.69) is 43.0 Å². The van der Waals surface area contributed by atoms with E-state index in [0.717, 1.165) is 0 Å². The molecule has 2 aromatic rings. The second-order valence-electron chi connectivity index (χ2n) is 6.70. The molecule has 1 aromatic heterocycles. The van der Waals surface area contributed by atoms with Crippen molar-refractivity contribution in [1.29, 1.82) is 0 Å². The summed E-state index contributed by atoms with van der Waals surface area (Å²) in [4.78, 5) is 19.0. The fourth-order valence-electron chi connectivity index (χ4n) is 2.97. The van der Waals surface area contributed by atoms with Gasteiger partial charge in [-0.3, -0.25) is 10.1 Å². The Kier molecular flexibility index (Phi) is 2.70. The Labute approximate surface area is 122 Å². The highest BCUT2D eigenvalue weighted by atomic mass is 16.6. The van der Waals surface area contributed by atoms with Crippen LogP contribution in [0.15, 0.2) is 24.5 Å². The smallest absolute Gasteiger partial charge is 0.270 e. The van der Waals surface area contributed by atoms with E-state index >= 15 is 0 Å². The maximum atomic E-state index is 10.9. The second kappa shape index (κ2) is 4.13. The minimum Gasteiger partial charge on any atom is -0.366 e. The summed E-state index contributed by atoms with van der Waals surface area (Å²) in [5.74, 6) is 0.660. The van der Waals surface area contributed by atoms with Crippen LogP contribution in [-0.2, 0) is 0 Å². The van der Waals surface area contributed by atoms with Gasteiger partial charge in [-0.2, -0.15) is 0 Å². The molecule has 1 aliphatic rings. The minimum atomic E-state index is -0.402. The predicted octanol–water partition coefficient (Wildman–Crippen LogP) is 3.38. The molecular formula is C15H18N4O2. The Morgan fingerprint density at radius 2 is 1.86 bits per heavy atom. The third-order valence-corrected chi connectivity index (χ3v) is 5.13. The molecule has 0 aliphatic heterocycles. The molecule has 1 N–H and O–H groups in total. The first-order valence-electron chi connectivity index (χ1n) is 6.91. The highest BCUT2D eigenvalue weighted by Crippen LogP contribution is 2.63. The molecule has 0 amide bonds. The van der Waals surface area contributed by atoms with Crippen LogP contribution in [0.4, 0.5) is 11.5 Å². The normalized spacial score (nSPS) is 19.4. The van der Waals surface area contributed by atoms with Crippen LogP contribution in [0.2, 0.25) is 0 Å². The summed E-state index contributed by atoms with van der Waals surface area (Å²) in [5.41, 5.74) is 1.07. The van der Waals surface area contributed by atoms with Crippen LogP contribution < -0.4 is 5.32 Å². The van der Waals surface area contributed by atoms with Gasteiger partial charge in [0.15, 0.2) is 0 Å². The van der Waals surface area contributed by atoms with Gasteiger partial charge < -0.3 is 5.32 Å². The zero-order valence-electron chi connectivity index (χ0n) is 12.5. The minimum absolute atomic E-state index is 0.0506. The van der Waals surface area contributed by atoms with Gasteiger partial charge in [-0.25, -0.2) is 9.97 Å². The standard InChI is InChI=1S/C15H18N4O2/c1-14(2)13(15(14,3)4)18-12-10-7-9(19(20)21)5-6-11(10)16-8-17-12/h5-8,13H,1-4H3,(H,16,17,18). The molecule has 1 aliphatic carbocycles. The molecule has 1 saturated carbocycles. The Balaban J connectivity index is 2.03. The lowest BCUT2D eigenvalue weighted by Crippen LogP contribution is -2.11. The maximum absolute atomic E-state index is 10.9. The Morgan fingerprint density at radius 1 is 1.19 bits per heavy atom. The van der Waals surface area contributed by atoms with E-state index in [1.165, 1.54) is 18.5 Å². The van der Waals surface area contributed by atoms with E-state index in [0.29, 0.717) is 16.7 Å². The zero-order valence-corrected chi connectivity index (χ0v) is 12.5. The van der Waals surface area contributed by atoms with Crippen molar-refractivity contribution in [3.05, 3.63) is 34.6 Å². The number of hydrogen-bond acceptors (Lipinski definition) is 5. The first kappa shape index (κ1) is 13.7. The van der Waals surface area contributed by atoms with Crippen LogP contribution in [0.3, 0.4) is 0 Å². The number of anilines is 1. The highest BCUT2D eigenvalue weighted by molar-refractivity contribution is 5.90. The number of aromatic nitrogens is 2. The SMILES string of the molecule is CC1(C)C(Nc2ncnc3ccc([N+](=O)[O-])cc23)C1(C)C. The topological polar surface area (TPSA) is 81.0 Å². The number of non-ortho nitro benzene ring substituents is 1. The molecule has 6 nitrogen and oxygen atoms in total. The molecule has 0 spiro atoms. The van der Waals surface area contributed by atoms with Gasteiger partial charge in [-0.15, -0.1) is 0 Å². The number of hydrogen-bond donors (Lipinski definition) is 1. The van der Waals surface area contributed by atoms with E-state index in [1.807, 2.05) is 0 Å². The van der Waals surface area contributed by atoms with Crippen molar-refractivity contribution < 1.29 is 4.92 Å². The number of nitrogens with zero attached hydrogens (tertiary/aromatic N) is 3. The van der Waals surface area contributed by atoms with Crippen molar-refractivity contribution in [3.8, 4) is 0 Å². The van der Waals surface area contributed by atoms with E-state index in [9.17, 15) is 10.1 Å². The molecule has 1 heterocycles. The first-order valence-corrected chi connectivity index (χ1v) is 6.91. The van der Waals surface area contributed by atoms with Crippen LogP contribution in [0.5, 0.6) is 0 Å². The first-order chi connectivity index (χ1) is 9.75. The van der Waals surface area contributed by atoms with Crippen LogP contribution in [0.25, 0.3) is 10.9 Å². The number of fused-ring (bicyclic) bond motifs is 1. The lowest BCUT2D eigenvalue weighted by atomic mass is 10.0.